The van der Waals surface area contributed by atoms with Crippen LogP contribution in [0.15, 0.2) is 48.5 Å². The quantitative estimate of drug-likeness (QED) is 0.310. The second-order valence-corrected chi connectivity index (χ2v) is 8.34. The van der Waals surface area contributed by atoms with Gasteiger partial charge in [-0.2, -0.15) is 11.8 Å². The summed E-state index contributed by atoms with van der Waals surface area (Å²) in [6, 6.07) is 14.6. The van der Waals surface area contributed by atoms with E-state index in [0.717, 1.165) is 16.7 Å². The predicted molar refractivity (Wildman–Crippen MR) is 135 cm³/mol. The molecule has 0 aliphatic rings. The molecule has 0 heterocycles. The maximum absolute atomic E-state index is 12.1. The minimum absolute atomic E-state index is 0.0524. The van der Waals surface area contributed by atoms with E-state index in [4.69, 9.17) is 14.6 Å². The number of benzene rings is 2. The van der Waals surface area contributed by atoms with E-state index in [9.17, 15) is 19.2 Å². The fraction of sp³-hybridized carbons (Fsp3) is 0.385. The number of carboxylic acid groups (broad SMARTS) is 1. The van der Waals surface area contributed by atoms with Crippen LogP contribution in [0.3, 0.4) is 0 Å². The molecule has 0 aliphatic heterocycles. The van der Waals surface area contributed by atoms with Crippen LogP contribution in [0, 0.1) is 6.92 Å². The molecule has 0 spiro atoms. The van der Waals surface area contributed by atoms with E-state index in [1.54, 1.807) is 18.4 Å². The van der Waals surface area contributed by atoms with Crippen LogP contribution < -0.4 is 10.1 Å². The number of aryl methyl sites for hydroxylation is 1. The van der Waals surface area contributed by atoms with Gasteiger partial charge in [-0.15, -0.1) is 0 Å². The fourth-order valence-corrected chi connectivity index (χ4v) is 3.68. The minimum Gasteiger partial charge on any atom is -0.489 e. The number of carboxylic acids is 1. The number of carbonyl (C=O) groups is 4. The number of amides is 2. The van der Waals surface area contributed by atoms with Gasteiger partial charge in [0.25, 0.3) is 0 Å². The average molecular weight is 504 g/mol. The highest BCUT2D eigenvalue weighted by atomic mass is 32.2. The smallest absolute Gasteiger partial charge is 0.307 e. The van der Waals surface area contributed by atoms with Crippen molar-refractivity contribution in [2.75, 3.05) is 12.9 Å². The van der Waals surface area contributed by atoms with E-state index >= 15 is 0 Å². The Morgan fingerprint density at radius 3 is 2.34 bits per heavy atom. The molecule has 190 valence electrons. The largest absolute Gasteiger partial charge is 0.489 e. The number of aliphatic carboxylic acids is 1. The summed E-state index contributed by atoms with van der Waals surface area (Å²) >= 11 is 1.35. The summed E-state index contributed by atoms with van der Waals surface area (Å²) in [7, 11) is 0. The molecule has 0 saturated carbocycles. The lowest BCUT2D eigenvalue weighted by Crippen LogP contribution is -2.32. The van der Waals surface area contributed by atoms with Crippen LogP contribution in [0.25, 0.3) is 0 Å². The van der Waals surface area contributed by atoms with Gasteiger partial charge in [0, 0.05) is 0 Å². The Kier molecular flexibility index (Phi) is 13.9. The van der Waals surface area contributed by atoms with Gasteiger partial charge in [0.15, 0.2) is 6.10 Å². The van der Waals surface area contributed by atoms with Gasteiger partial charge in [-0.25, -0.2) is 0 Å². The van der Waals surface area contributed by atoms with Gasteiger partial charge in [0.05, 0.1) is 18.1 Å². The zero-order valence-corrected chi connectivity index (χ0v) is 21.3. The van der Waals surface area contributed by atoms with Crippen LogP contribution in [0.2, 0.25) is 0 Å². The normalized spacial score (nSPS) is 11.8. The first-order valence-corrected chi connectivity index (χ1v) is 12.6. The van der Waals surface area contributed by atoms with E-state index < -0.39 is 23.3 Å². The fourth-order valence-electron chi connectivity index (χ4n) is 3.04. The standard InChI is InChI=1S/C24H27NO7S.C2H6/c1-16-4-3-5-18(12-16)20(32-23(29)11-10-22(27)28)14-31-19-8-6-17(7-9-19)13-21(33-2)24(30)25-15-26;1-2/h3-9,12,15,20-21H,10-11,13-14H2,1-2H3,(H,27,28)(H,25,26,30);1-2H3. The number of rotatable bonds is 13. The second kappa shape index (κ2) is 16.3. The molecule has 8 nitrogen and oxygen atoms in total. The van der Waals surface area contributed by atoms with Crippen molar-refractivity contribution >= 4 is 36.0 Å². The van der Waals surface area contributed by atoms with Crippen LogP contribution in [0.4, 0.5) is 0 Å². The summed E-state index contributed by atoms with van der Waals surface area (Å²) in [5.74, 6) is -1.47. The summed E-state index contributed by atoms with van der Waals surface area (Å²) in [6.07, 6.45) is 1.41. The Bertz CT molecular complexity index is 962. The van der Waals surface area contributed by atoms with Gasteiger partial charge >= 0.3 is 11.9 Å². The van der Waals surface area contributed by atoms with Gasteiger partial charge in [-0.1, -0.05) is 55.8 Å². The lowest BCUT2D eigenvalue weighted by Gasteiger charge is -2.19. The van der Waals surface area contributed by atoms with Gasteiger partial charge < -0.3 is 14.6 Å². The van der Waals surface area contributed by atoms with Crippen molar-refractivity contribution in [3.05, 3.63) is 65.2 Å². The number of nitrogens with one attached hydrogen (secondary N) is 1. The van der Waals surface area contributed by atoms with Gasteiger partial charge in [-0.3, -0.25) is 24.5 Å². The third kappa shape index (κ3) is 11.1. The molecule has 0 radical (unpaired) electrons. The molecule has 0 saturated heterocycles. The molecule has 2 aromatic rings. The topological polar surface area (TPSA) is 119 Å². The summed E-state index contributed by atoms with van der Waals surface area (Å²) in [5, 5.41) is 10.6. The third-order valence-corrected chi connectivity index (χ3v) is 5.70. The highest BCUT2D eigenvalue weighted by Crippen LogP contribution is 2.23. The molecule has 2 aromatic carbocycles. The molecule has 0 aromatic heterocycles. The Labute approximate surface area is 210 Å². The van der Waals surface area contributed by atoms with Crippen LogP contribution in [0.5, 0.6) is 5.75 Å². The summed E-state index contributed by atoms with van der Waals surface area (Å²) in [4.78, 5) is 45.2. The van der Waals surface area contributed by atoms with Gasteiger partial charge in [0.1, 0.15) is 12.4 Å². The highest BCUT2D eigenvalue weighted by molar-refractivity contribution is 7.99. The Balaban J connectivity index is 0.00000298. The third-order valence-electron chi connectivity index (χ3n) is 4.75. The van der Waals surface area contributed by atoms with Crippen molar-refractivity contribution in [2.24, 2.45) is 0 Å². The number of hydrogen-bond acceptors (Lipinski definition) is 7. The van der Waals surface area contributed by atoms with Crippen LogP contribution in [-0.4, -0.2) is 47.5 Å². The monoisotopic (exact) mass is 503 g/mol. The summed E-state index contributed by atoms with van der Waals surface area (Å²) in [5.41, 5.74) is 2.64. The number of thioether (sulfide) groups is 1. The van der Waals surface area contributed by atoms with E-state index in [1.807, 2.05) is 57.2 Å². The van der Waals surface area contributed by atoms with E-state index in [0.29, 0.717) is 18.6 Å². The van der Waals surface area contributed by atoms with Crippen molar-refractivity contribution in [3.8, 4) is 5.75 Å². The number of ether oxygens (including phenoxy) is 2. The molecule has 0 fully saturated rings. The van der Waals surface area contributed by atoms with Crippen molar-refractivity contribution in [1.82, 2.24) is 5.32 Å². The van der Waals surface area contributed by atoms with Gasteiger partial charge in [-0.05, 0) is 42.9 Å². The first-order chi connectivity index (χ1) is 16.8. The number of carbonyl (C=O) groups excluding carboxylic acids is 3. The maximum atomic E-state index is 12.1. The lowest BCUT2D eigenvalue weighted by molar-refractivity contribution is -0.153. The molecule has 0 bridgehead atoms. The second-order valence-electron chi connectivity index (χ2n) is 7.30. The molecule has 0 aliphatic carbocycles. The summed E-state index contributed by atoms with van der Waals surface area (Å²) < 4.78 is 11.3. The molecule has 2 amide bonds. The molecular weight excluding hydrogens is 470 g/mol. The molecule has 2 atom stereocenters. The van der Waals surface area contributed by atoms with E-state index in [-0.39, 0.29) is 25.4 Å². The Morgan fingerprint density at radius 1 is 1.09 bits per heavy atom. The molecule has 2 rings (SSSR count). The number of esters is 1. The Morgan fingerprint density at radius 2 is 1.77 bits per heavy atom. The lowest BCUT2D eigenvalue weighted by atomic mass is 10.1. The van der Waals surface area contributed by atoms with Crippen LogP contribution >= 0.6 is 11.8 Å². The zero-order valence-electron chi connectivity index (χ0n) is 20.5. The van der Waals surface area contributed by atoms with Crippen molar-refractivity contribution < 1.29 is 33.8 Å². The molecule has 9 heteroatoms. The number of imide groups is 1. The molecular formula is C26H33NO7S. The zero-order chi connectivity index (χ0) is 26.2. The highest BCUT2D eigenvalue weighted by Gasteiger charge is 2.20. The van der Waals surface area contributed by atoms with E-state index in [1.165, 1.54) is 11.8 Å². The maximum Gasteiger partial charge on any atom is 0.307 e. The van der Waals surface area contributed by atoms with E-state index in [2.05, 4.69) is 5.32 Å². The minimum atomic E-state index is -1.07. The SMILES string of the molecule is CC.CSC(Cc1ccc(OCC(OC(=O)CCC(=O)O)c2cccc(C)c2)cc1)C(=O)NC=O. The first kappa shape index (κ1) is 29.7. The average Bonchev–Trinajstić information content (AvgIpc) is 2.85. The van der Waals surface area contributed by atoms with Gasteiger partial charge in [0.2, 0.25) is 12.3 Å². The molecule has 2 unspecified atom stereocenters. The van der Waals surface area contributed by atoms with Crippen molar-refractivity contribution in [2.45, 2.75) is 51.4 Å². The number of hydrogen-bond donors (Lipinski definition) is 2. The van der Waals surface area contributed by atoms with Crippen LogP contribution in [-0.2, 0) is 30.3 Å². The molecule has 2 N–H and O–H groups in total. The first-order valence-electron chi connectivity index (χ1n) is 11.3. The van der Waals surface area contributed by atoms with Crippen molar-refractivity contribution in [3.63, 3.8) is 0 Å². The van der Waals surface area contributed by atoms with Crippen LogP contribution in [0.1, 0.15) is 49.5 Å². The molecule has 35 heavy (non-hydrogen) atoms. The predicted octanol–water partition coefficient (Wildman–Crippen LogP) is 4.10. The summed E-state index contributed by atoms with van der Waals surface area (Å²) in [6.45, 7) is 5.97. The van der Waals surface area contributed by atoms with Crippen molar-refractivity contribution in [1.29, 1.82) is 0 Å². The Hall–Kier alpha value is -3.33.